The van der Waals surface area contributed by atoms with Gasteiger partial charge in [0.15, 0.2) is 0 Å². The Balaban J connectivity index is 2.20. The number of carbonyl (C=O) groups is 2. The predicted molar refractivity (Wildman–Crippen MR) is 150 cm³/mol. The molecule has 1 fully saturated rings. The molecule has 0 aliphatic carbocycles. The van der Waals surface area contributed by atoms with Crippen LogP contribution in [0.3, 0.4) is 0 Å². The van der Waals surface area contributed by atoms with Gasteiger partial charge in [0.2, 0.25) is 15.9 Å². The highest BCUT2D eigenvalue weighted by molar-refractivity contribution is 7.89. The van der Waals surface area contributed by atoms with Gasteiger partial charge < -0.3 is 15.1 Å². The predicted octanol–water partition coefficient (Wildman–Crippen LogP) is 4.39. The van der Waals surface area contributed by atoms with Gasteiger partial charge in [-0.1, -0.05) is 58.4 Å². The lowest BCUT2D eigenvalue weighted by molar-refractivity contribution is -0.135. The molecule has 1 aromatic carbocycles. The van der Waals surface area contributed by atoms with E-state index in [0.717, 1.165) is 24.0 Å². The van der Waals surface area contributed by atoms with Crippen LogP contribution in [0.4, 0.5) is 4.79 Å². The Kier molecular flexibility index (Phi) is 12.9. The third-order valence-corrected chi connectivity index (χ3v) is 9.07. The van der Waals surface area contributed by atoms with Crippen molar-refractivity contribution in [3.63, 3.8) is 0 Å². The molecule has 1 N–H and O–H groups in total. The maximum atomic E-state index is 13.8. The fourth-order valence-electron chi connectivity index (χ4n) is 4.60. The van der Waals surface area contributed by atoms with Crippen LogP contribution in [0.1, 0.15) is 77.3 Å². The first-order chi connectivity index (χ1) is 17.6. The Labute approximate surface area is 224 Å². The van der Waals surface area contributed by atoms with Crippen LogP contribution in [-0.4, -0.2) is 79.0 Å². The number of likely N-dealkylation sites (tertiary alicyclic amines) is 1. The van der Waals surface area contributed by atoms with Gasteiger partial charge in [0.1, 0.15) is 0 Å². The lowest BCUT2D eigenvalue weighted by Gasteiger charge is -2.39. The molecule has 210 valence electrons. The van der Waals surface area contributed by atoms with Gasteiger partial charge in [0.25, 0.3) is 0 Å². The second-order valence-electron chi connectivity index (χ2n) is 10.6. The quantitative estimate of drug-likeness (QED) is 0.357. The number of rotatable bonds is 14. The smallest absolute Gasteiger partial charge is 0.317 e. The Hall–Kier alpha value is -2.13. The summed E-state index contributed by atoms with van der Waals surface area (Å²) in [5.41, 5.74) is 2.16. The zero-order chi connectivity index (χ0) is 27.4. The molecule has 0 saturated carbocycles. The number of nitrogens with zero attached hydrogens (tertiary/aromatic N) is 3. The van der Waals surface area contributed by atoms with Gasteiger partial charge in [-0.25, -0.2) is 13.2 Å². The zero-order valence-electron chi connectivity index (χ0n) is 23.5. The van der Waals surface area contributed by atoms with Gasteiger partial charge in [-0.15, -0.1) is 0 Å². The fraction of sp³-hybridized carbons (Fsp3) is 0.714. The zero-order valence-corrected chi connectivity index (χ0v) is 24.4. The van der Waals surface area contributed by atoms with Crippen LogP contribution in [0, 0.1) is 12.8 Å². The summed E-state index contributed by atoms with van der Waals surface area (Å²) in [5.74, 6) is 0.213. The first-order valence-electron chi connectivity index (χ1n) is 13.9. The van der Waals surface area contributed by atoms with Crippen molar-refractivity contribution < 1.29 is 18.0 Å². The molecule has 0 bridgehead atoms. The van der Waals surface area contributed by atoms with E-state index in [1.54, 1.807) is 0 Å². The highest BCUT2D eigenvalue weighted by Crippen LogP contribution is 2.22. The van der Waals surface area contributed by atoms with E-state index in [9.17, 15) is 18.0 Å². The van der Waals surface area contributed by atoms with Crippen LogP contribution in [0.5, 0.6) is 0 Å². The summed E-state index contributed by atoms with van der Waals surface area (Å²) in [6, 6.07) is 7.90. The second kappa shape index (κ2) is 15.3. The van der Waals surface area contributed by atoms with E-state index in [-0.39, 0.29) is 30.3 Å². The number of amides is 3. The highest BCUT2D eigenvalue weighted by atomic mass is 32.2. The number of urea groups is 1. The number of hydrogen-bond donors (Lipinski definition) is 1. The first-order valence-corrected chi connectivity index (χ1v) is 15.5. The molecule has 0 radical (unpaired) electrons. The van der Waals surface area contributed by atoms with Gasteiger partial charge >= 0.3 is 6.03 Å². The number of carbonyl (C=O) groups excluding carboxylic acids is 2. The number of unbranched alkanes of at least 4 members (excludes halogenated alkanes) is 1. The van der Waals surface area contributed by atoms with E-state index < -0.39 is 10.0 Å². The molecule has 1 aliphatic heterocycles. The molecule has 0 unspecified atom stereocenters. The largest absolute Gasteiger partial charge is 0.338 e. The third-order valence-electron chi connectivity index (χ3n) is 7.04. The second-order valence-corrected chi connectivity index (χ2v) is 12.7. The summed E-state index contributed by atoms with van der Waals surface area (Å²) in [7, 11) is -3.51. The van der Waals surface area contributed by atoms with Crippen LogP contribution < -0.4 is 5.32 Å². The van der Waals surface area contributed by atoms with Crippen molar-refractivity contribution in [1.82, 2.24) is 19.4 Å². The summed E-state index contributed by atoms with van der Waals surface area (Å²) < 4.78 is 27.4. The fourth-order valence-corrected chi connectivity index (χ4v) is 6.07. The van der Waals surface area contributed by atoms with Crippen LogP contribution in [0.15, 0.2) is 24.3 Å². The molecule has 0 aromatic heterocycles. The van der Waals surface area contributed by atoms with Crippen molar-refractivity contribution >= 4 is 22.0 Å². The molecule has 9 heteroatoms. The van der Waals surface area contributed by atoms with Gasteiger partial charge in [-0.2, -0.15) is 4.31 Å². The molecular formula is C28H48N4O4S. The standard InChI is InChI=1S/C28H48N4O4S/c1-6-8-16-29-28(34)30-17-14-26(15-18-30)32(21-25-12-10-9-11-24(25)5)27(33)22-31(19-13-23(3)4)37(35,36)20-7-2/h9-12,23,26H,6-8,13-22H2,1-5H3,(H,29,34). The highest BCUT2D eigenvalue weighted by Gasteiger charge is 2.32. The van der Waals surface area contributed by atoms with Gasteiger partial charge in [-0.05, 0) is 56.1 Å². The van der Waals surface area contributed by atoms with E-state index in [1.807, 2.05) is 47.9 Å². The average Bonchev–Trinajstić information content (AvgIpc) is 2.86. The number of hydrogen-bond acceptors (Lipinski definition) is 4. The molecule has 1 aromatic rings. The average molecular weight is 537 g/mol. The molecule has 0 atom stereocenters. The maximum absolute atomic E-state index is 13.8. The number of aryl methyl sites for hydroxylation is 1. The number of sulfonamides is 1. The minimum absolute atomic E-state index is 0.0434. The summed E-state index contributed by atoms with van der Waals surface area (Å²) in [5, 5.41) is 2.98. The monoisotopic (exact) mass is 536 g/mol. The van der Waals surface area contributed by atoms with E-state index >= 15 is 0 Å². The summed E-state index contributed by atoms with van der Waals surface area (Å²) in [4.78, 5) is 30.0. The Morgan fingerprint density at radius 2 is 1.78 bits per heavy atom. The molecular weight excluding hydrogens is 488 g/mol. The van der Waals surface area contributed by atoms with Crippen molar-refractivity contribution in [1.29, 1.82) is 0 Å². The third kappa shape index (κ3) is 9.93. The van der Waals surface area contributed by atoms with Gasteiger partial charge in [-0.3, -0.25) is 4.79 Å². The molecule has 3 amide bonds. The number of benzene rings is 1. The van der Waals surface area contributed by atoms with Crippen LogP contribution in [0.2, 0.25) is 0 Å². The Morgan fingerprint density at radius 1 is 1.11 bits per heavy atom. The van der Waals surface area contributed by atoms with Crippen molar-refractivity contribution in [2.24, 2.45) is 5.92 Å². The molecule has 1 saturated heterocycles. The number of nitrogens with one attached hydrogen (secondary N) is 1. The van der Waals surface area contributed by atoms with Gasteiger partial charge in [0.05, 0.1) is 12.3 Å². The van der Waals surface area contributed by atoms with Crippen molar-refractivity contribution in [2.75, 3.05) is 38.5 Å². The number of piperidine rings is 1. The van der Waals surface area contributed by atoms with E-state index in [0.29, 0.717) is 64.3 Å². The maximum Gasteiger partial charge on any atom is 0.317 e. The summed E-state index contributed by atoms with van der Waals surface area (Å²) in [6.45, 7) is 12.5. The SMILES string of the molecule is CCCCNC(=O)N1CCC(N(Cc2ccccc2C)C(=O)CN(CCC(C)C)S(=O)(=O)CCC)CC1. The molecule has 0 spiro atoms. The Morgan fingerprint density at radius 3 is 2.38 bits per heavy atom. The minimum Gasteiger partial charge on any atom is -0.338 e. The van der Waals surface area contributed by atoms with Crippen molar-refractivity contribution in [3.8, 4) is 0 Å². The van der Waals surface area contributed by atoms with Crippen LogP contribution in [0.25, 0.3) is 0 Å². The lowest BCUT2D eigenvalue weighted by atomic mass is 10.0. The molecule has 8 nitrogen and oxygen atoms in total. The molecule has 1 heterocycles. The Bertz CT molecular complexity index is 959. The minimum atomic E-state index is -3.51. The molecule has 2 rings (SSSR count). The van der Waals surface area contributed by atoms with Crippen molar-refractivity contribution in [3.05, 3.63) is 35.4 Å². The first kappa shape index (κ1) is 31.1. The summed E-state index contributed by atoms with van der Waals surface area (Å²) >= 11 is 0. The summed E-state index contributed by atoms with van der Waals surface area (Å²) in [6.07, 6.45) is 4.55. The van der Waals surface area contributed by atoms with Gasteiger partial charge in [0, 0.05) is 38.8 Å². The van der Waals surface area contributed by atoms with E-state index in [2.05, 4.69) is 26.1 Å². The molecule has 1 aliphatic rings. The van der Waals surface area contributed by atoms with Crippen LogP contribution in [-0.2, 0) is 21.4 Å². The van der Waals surface area contributed by atoms with Crippen LogP contribution >= 0.6 is 0 Å². The topological polar surface area (TPSA) is 90.0 Å². The van der Waals surface area contributed by atoms with E-state index in [1.165, 1.54) is 4.31 Å². The van der Waals surface area contributed by atoms with E-state index in [4.69, 9.17) is 0 Å². The van der Waals surface area contributed by atoms with Crippen molar-refractivity contribution in [2.45, 2.75) is 85.7 Å². The lowest BCUT2D eigenvalue weighted by Crippen LogP contribution is -2.53. The molecule has 37 heavy (non-hydrogen) atoms. The normalized spacial score (nSPS) is 14.8.